The van der Waals surface area contributed by atoms with E-state index >= 15 is 0 Å². The number of halogens is 1. The summed E-state index contributed by atoms with van der Waals surface area (Å²) in [4.78, 5) is 28.0. The molecule has 0 unspecified atom stereocenters. The van der Waals surface area contributed by atoms with E-state index in [4.69, 9.17) is 11.6 Å². The predicted molar refractivity (Wildman–Crippen MR) is 119 cm³/mol. The first-order chi connectivity index (χ1) is 14.4. The number of piperazine rings is 1. The number of nitrogens with two attached hydrogens (primary N) is 1. The molecule has 2 aromatic carbocycles. The van der Waals surface area contributed by atoms with E-state index in [-0.39, 0.29) is 17.9 Å². The monoisotopic (exact) mass is 430 g/mol. The van der Waals surface area contributed by atoms with Crippen LogP contribution >= 0.6 is 11.6 Å². The Hall–Kier alpha value is -2.41. The van der Waals surface area contributed by atoms with Gasteiger partial charge in [0.1, 0.15) is 6.04 Å². The van der Waals surface area contributed by atoms with Crippen molar-refractivity contribution in [3.63, 3.8) is 0 Å². The molecule has 1 atom stereocenters. The third-order valence-corrected chi connectivity index (χ3v) is 5.86. The highest BCUT2D eigenvalue weighted by atomic mass is 35.5. The molecule has 7 heteroatoms. The number of carbonyl (C=O) groups is 2. The van der Waals surface area contributed by atoms with Gasteiger partial charge in [0, 0.05) is 16.3 Å². The van der Waals surface area contributed by atoms with E-state index in [2.05, 4.69) is 17.6 Å². The molecule has 1 aliphatic rings. The molecule has 2 aromatic rings. The summed E-state index contributed by atoms with van der Waals surface area (Å²) < 4.78 is 0. The van der Waals surface area contributed by atoms with Crippen molar-refractivity contribution in [3.8, 4) is 0 Å². The molecular formula is C23H31ClN4O2+2. The fourth-order valence-corrected chi connectivity index (χ4v) is 3.75. The number of quaternary nitrogens is 2. The third kappa shape index (κ3) is 6.55. The standard InChI is InChI=1S/C23H29ClN4O2/c1-17-3-9-21(10-4-17)26-22(29)16-27-11-13-28(14-12-27)23(30)15-25-18(2)19-5-7-20(24)8-6-19/h3-10,18,25H,11-16H2,1-2H3,(H,26,29)/p+2/t18-/m1/s1. The van der Waals surface area contributed by atoms with Crippen molar-refractivity contribution in [2.24, 2.45) is 0 Å². The summed E-state index contributed by atoms with van der Waals surface area (Å²) >= 11 is 5.94. The molecule has 160 valence electrons. The Morgan fingerprint density at radius 3 is 2.37 bits per heavy atom. The van der Waals surface area contributed by atoms with E-state index < -0.39 is 0 Å². The summed E-state index contributed by atoms with van der Waals surface area (Å²) in [6.45, 7) is 7.92. The van der Waals surface area contributed by atoms with E-state index in [9.17, 15) is 9.59 Å². The van der Waals surface area contributed by atoms with Gasteiger partial charge in [0.05, 0.1) is 26.2 Å². The van der Waals surface area contributed by atoms with Crippen molar-refractivity contribution in [3.05, 3.63) is 64.7 Å². The van der Waals surface area contributed by atoms with Crippen LogP contribution in [-0.2, 0) is 9.59 Å². The van der Waals surface area contributed by atoms with Gasteiger partial charge in [-0.2, -0.15) is 0 Å². The van der Waals surface area contributed by atoms with Gasteiger partial charge in [0.15, 0.2) is 13.1 Å². The van der Waals surface area contributed by atoms with Crippen molar-refractivity contribution in [2.45, 2.75) is 19.9 Å². The second kappa shape index (κ2) is 10.6. The summed E-state index contributed by atoms with van der Waals surface area (Å²) in [7, 11) is 0. The van der Waals surface area contributed by atoms with Gasteiger partial charge in [0.25, 0.3) is 11.8 Å². The Kier molecular flexibility index (Phi) is 7.85. The number of nitrogens with zero attached hydrogens (tertiary/aromatic N) is 1. The maximum Gasteiger partial charge on any atom is 0.279 e. The number of rotatable bonds is 7. The Balaban J connectivity index is 1.38. The summed E-state index contributed by atoms with van der Waals surface area (Å²) in [5, 5.41) is 5.72. The lowest BCUT2D eigenvalue weighted by Gasteiger charge is -2.31. The zero-order valence-corrected chi connectivity index (χ0v) is 18.4. The van der Waals surface area contributed by atoms with Crippen LogP contribution in [0, 0.1) is 6.92 Å². The highest BCUT2D eigenvalue weighted by molar-refractivity contribution is 6.30. The molecule has 0 bridgehead atoms. The number of anilines is 1. The number of amides is 2. The van der Waals surface area contributed by atoms with Gasteiger partial charge in [-0.1, -0.05) is 41.4 Å². The zero-order valence-electron chi connectivity index (χ0n) is 17.7. The van der Waals surface area contributed by atoms with Crippen LogP contribution in [-0.4, -0.2) is 56.0 Å². The van der Waals surface area contributed by atoms with E-state index in [1.165, 1.54) is 10.5 Å². The molecule has 1 aliphatic heterocycles. The average molecular weight is 431 g/mol. The average Bonchev–Trinajstić information content (AvgIpc) is 2.74. The van der Waals surface area contributed by atoms with Gasteiger partial charge < -0.3 is 20.4 Å². The van der Waals surface area contributed by atoms with Crippen LogP contribution in [0.25, 0.3) is 0 Å². The minimum absolute atomic E-state index is 0.0127. The summed E-state index contributed by atoms with van der Waals surface area (Å²) in [6.07, 6.45) is 0. The molecule has 0 radical (unpaired) electrons. The van der Waals surface area contributed by atoms with E-state index in [0.717, 1.165) is 29.4 Å². The van der Waals surface area contributed by atoms with Gasteiger partial charge in [-0.3, -0.25) is 9.59 Å². The second-order valence-corrected chi connectivity index (χ2v) is 8.44. The van der Waals surface area contributed by atoms with Gasteiger partial charge in [-0.05, 0) is 38.1 Å². The molecule has 1 fully saturated rings. The minimum Gasteiger partial charge on any atom is -0.333 e. The third-order valence-electron chi connectivity index (χ3n) is 5.61. The molecule has 30 heavy (non-hydrogen) atoms. The Morgan fingerprint density at radius 1 is 1.10 bits per heavy atom. The molecule has 1 heterocycles. The lowest BCUT2D eigenvalue weighted by molar-refractivity contribution is -0.895. The van der Waals surface area contributed by atoms with Gasteiger partial charge in [0.2, 0.25) is 0 Å². The smallest absolute Gasteiger partial charge is 0.279 e. The molecule has 4 N–H and O–H groups in total. The van der Waals surface area contributed by atoms with Gasteiger partial charge in [-0.25, -0.2) is 0 Å². The number of carbonyl (C=O) groups excluding carboxylic acids is 2. The summed E-state index contributed by atoms with van der Waals surface area (Å²) in [5.74, 6) is 0.165. The molecular weight excluding hydrogens is 400 g/mol. The zero-order chi connectivity index (χ0) is 21.5. The maximum absolute atomic E-state index is 12.6. The first kappa shape index (κ1) is 22.3. The van der Waals surface area contributed by atoms with Crippen LogP contribution in [0.1, 0.15) is 24.1 Å². The minimum atomic E-state index is 0.0127. The lowest BCUT2D eigenvalue weighted by Crippen LogP contribution is -3.15. The predicted octanol–water partition coefficient (Wildman–Crippen LogP) is 0.639. The van der Waals surface area contributed by atoms with Gasteiger partial charge in [-0.15, -0.1) is 0 Å². The van der Waals surface area contributed by atoms with Crippen molar-refractivity contribution in [2.75, 3.05) is 44.6 Å². The van der Waals surface area contributed by atoms with Gasteiger partial charge >= 0.3 is 0 Å². The van der Waals surface area contributed by atoms with E-state index in [0.29, 0.717) is 26.2 Å². The van der Waals surface area contributed by atoms with Crippen molar-refractivity contribution < 1.29 is 19.8 Å². The molecule has 0 saturated carbocycles. The van der Waals surface area contributed by atoms with E-state index in [1.54, 1.807) is 0 Å². The van der Waals surface area contributed by atoms with Crippen molar-refractivity contribution >= 4 is 29.1 Å². The van der Waals surface area contributed by atoms with E-state index in [1.807, 2.05) is 60.4 Å². The fraction of sp³-hybridized carbons (Fsp3) is 0.391. The van der Waals surface area contributed by atoms with Crippen LogP contribution in [0.15, 0.2) is 48.5 Å². The largest absolute Gasteiger partial charge is 0.333 e. The van der Waals surface area contributed by atoms with Crippen LogP contribution in [0.5, 0.6) is 0 Å². The number of hydrogen-bond donors (Lipinski definition) is 3. The fourth-order valence-electron chi connectivity index (χ4n) is 3.63. The number of benzene rings is 2. The highest BCUT2D eigenvalue weighted by Gasteiger charge is 2.26. The lowest BCUT2D eigenvalue weighted by atomic mass is 10.1. The van der Waals surface area contributed by atoms with Crippen LogP contribution in [0.3, 0.4) is 0 Å². The molecule has 0 aromatic heterocycles. The second-order valence-electron chi connectivity index (χ2n) is 8.00. The summed E-state index contributed by atoms with van der Waals surface area (Å²) in [5.41, 5.74) is 3.14. The molecule has 0 aliphatic carbocycles. The van der Waals surface area contributed by atoms with Crippen LogP contribution in [0.4, 0.5) is 5.69 Å². The number of nitrogens with one attached hydrogen (secondary N) is 2. The quantitative estimate of drug-likeness (QED) is 0.603. The first-order valence-corrected chi connectivity index (χ1v) is 10.8. The van der Waals surface area contributed by atoms with Crippen molar-refractivity contribution in [1.29, 1.82) is 0 Å². The van der Waals surface area contributed by atoms with Crippen LogP contribution in [0.2, 0.25) is 5.02 Å². The SMILES string of the molecule is Cc1ccc(NC(=O)C[NH+]2CCN(C(=O)C[NH2+][C@H](C)c3ccc(Cl)cc3)CC2)cc1. The Bertz CT molecular complexity index is 847. The normalized spacial score (nSPS) is 15.6. The van der Waals surface area contributed by atoms with Crippen LogP contribution < -0.4 is 15.5 Å². The first-order valence-electron chi connectivity index (χ1n) is 10.5. The summed E-state index contributed by atoms with van der Waals surface area (Å²) in [6, 6.07) is 15.7. The molecule has 2 amide bonds. The number of hydrogen-bond acceptors (Lipinski definition) is 2. The number of aryl methyl sites for hydroxylation is 1. The maximum atomic E-state index is 12.6. The molecule has 0 spiro atoms. The molecule has 3 rings (SSSR count). The molecule has 1 saturated heterocycles. The Labute approximate surface area is 183 Å². The highest BCUT2D eigenvalue weighted by Crippen LogP contribution is 2.13. The topological polar surface area (TPSA) is 70.5 Å². The van der Waals surface area contributed by atoms with Crippen molar-refractivity contribution in [1.82, 2.24) is 4.90 Å². The molecule has 6 nitrogen and oxygen atoms in total. The Morgan fingerprint density at radius 2 is 1.73 bits per heavy atom.